The molecule has 122 valence electrons. The highest BCUT2D eigenvalue weighted by molar-refractivity contribution is 5.95. The van der Waals surface area contributed by atoms with Crippen molar-refractivity contribution in [2.24, 2.45) is 5.92 Å². The van der Waals surface area contributed by atoms with Crippen LogP contribution >= 0.6 is 0 Å². The molecule has 0 aliphatic heterocycles. The summed E-state index contributed by atoms with van der Waals surface area (Å²) in [5.41, 5.74) is 1.63. The molecule has 0 saturated heterocycles. The van der Waals surface area contributed by atoms with Gasteiger partial charge in [0, 0.05) is 13.6 Å². The number of aromatic nitrogens is 2. The van der Waals surface area contributed by atoms with E-state index in [1.54, 1.807) is 37.7 Å². The van der Waals surface area contributed by atoms with Crippen LogP contribution in [0.4, 0.5) is 4.39 Å². The first-order valence-corrected chi connectivity index (χ1v) is 7.10. The maximum Gasteiger partial charge on any atom is 0.308 e. The molecule has 0 aliphatic rings. The Morgan fingerprint density at radius 2 is 1.96 bits per heavy atom. The quantitative estimate of drug-likeness (QED) is 0.916. The lowest BCUT2D eigenvalue weighted by molar-refractivity contribution is -0.141. The maximum absolute atomic E-state index is 13.0. The highest BCUT2D eigenvalue weighted by atomic mass is 19.1. The van der Waals surface area contributed by atoms with Gasteiger partial charge in [-0.15, -0.1) is 0 Å². The van der Waals surface area contributed by atoms with Gasteiger partial charge < -0.3 is 10.0 Å². The number of carbonyl (C=O) groups excluding carboxylic acids is 1. The molecule has 0 spiro atoms. The average Bonchev–Trinajstić information content (AvgIpc) is 2.88. The van der Waals surface area contributed by atoms with Gasteiger partial charge >= 0.3 is 5.97 Å². The van der Waals surface area contributed by atoms with Gasteiger partial charge in [-0.1, -0.05) is 6.92 Å². The number of halogens is 1. The Kier molecular flexibility index (Phi) is 4.78. The molecule has 7 heteroatoms. The van der Waals surface area contributed by atoms with E-state index in [-0.39, 0.29) is 18.3 Å². The summed E-state index contributed by atoms with van der Waals surface area (Å²) < 4.78 is 14.5. The zero-order chi connectivity index (χ0) is 17.1. The van der Waals surface area contributed by atoms with E-state index in [0.29, 0.717) is 16.9 Å². The first-order valence-electron chi connectivity index (χ1n) is 7.10. The van der Waals surface area contributed by atoms with Gasteiger partial charge in [0.15, 0.2) is 0 Å². The van der Waals surface area contributed by atoms with Gasteiger partial charge in [-0.05, 0) is 31.2 Å². The van der Waals surface area contributed by atoms with Crippen LogP contribution in [-0.4, -0.2) is 45.3 Å². The Morgan fingerprint density at radius 3 is 2.52 bits per heavy atom. The molecule has 0 bridgehead atoms. The molecule has 1 N–H and O–H groups in total. The molecule has 2 aromatic rings. The van der Waals surface area contributed by atoms with Gasteiger partial charge in [0.1, 0.15) is 5.82 Å². The first kappa shape index (κ1) is 16.7. The van der Waals surface area contributed by atoms with Crippen LogP contribution in [0.3, 0.4) is 0 Å². The Labute approximate surface area is 133 Å². The van der Waals surface area contributed by atoms with Crippen LogP contribution in [0, 0.1) is 18.7 Å². The summed E-state index contributed by atoms with van der Waals surface area (Å²) in [5, 5.41) is 13.1. The van der Waals surface area contributed by atoms with Crippen molar-refractivity contribution in [1.29, 1.82) is 0 Å². The normalized spacial score (nSPS) is 12.0. The Balaban J connectivity index is 2.23. The summed E-state index contributed by atoms with van der Waals surface area (Å²) in [6.45, 7) is 3.38. The molecule has 1 aromatic heterocycles. The van der Waals surface area contributed by atoms with Gasteiger partial charge in [-0.25, -0.2) is 9.07 Å². The predicted octanol–water partition coefficient (Wildman–Crippen LogP) is 2.11. The Bertz CT molecular complexity index is 725. The fraction of sp³-hybridized carbons (Fsp3) is 0.312. The molecular formula is C16H18FN3O3. The van der Waals surface area contributed by atoms with E-state index in [1.165, 1.54) is 23.2 Å². The second kappa shape index (κ2) is 6.60. The molecule has 1 heterocycles. The van der Waals surface area contributed by atoms with Crippen molar-refractivity contribution >= 4 is 11.9 Å². The van der Waals surface area contributed by atoms with Crippen LogP contribution in [0.5, 0.6) is 0 Å². The lowest BCUT2D eigenvalue weighted by Crippen LogP contribution is -2.33. The summed E-state index contributed by atoms with van der Waals surface area (Å²) in [6.07, 6.45) is 1.43. The van der Waals surface area contributed by atoms with E-state index >= 15 is 0 Å². The third kappa shape index (κ3) is 3.56. The van der Waals surface area contributed by atoms with Gasteiger partial charge in [0.25, 0.3) is 5.91 Å². The van der Waals surface area contributed by atoms with Crippen molar-refractivity contribution in [3.63, 3.8) is 0 Å². The van der Waals surface area contributed by atoms with Crippen LogP contribution < -0.4 is 0 Å². The summed E-state index contributed by atoms with van der Waals surface area (Å²) >= 11 is 0. The highest BCUT2D eigenvalue weighted by Gasteiger charge is 2.22. The third-order valence-electron chi connectivity index (χ3n) is 3.63. The number of amides is 1. The van der Waals surface area contributed by atoms with E-state index in [1.807, 2.05) is 0 Å². The molecule has 23 heavy (non-hydrogen) atoms. The molecule has 1 amide bonds. The number of carbonyl (C=O) groups is 2. The molecule has 0 aliphatic carbocycles. The molecule has 0 radical (unpaired) electrons. The average molecular weight is 319 g/mol. The van der Waals surface area contributed by atoms with Crippen LogP contribution in [0.1, 0.15) is 23.0 Å². The minimum atomic E-state index is -0.955. The number of nitrogens with zero attached hydrogens (tertiary/aromatic N) is 3. The second-order valence-corrected chi connectivity index (χ2v) is 5.46. The fourth-order valence-corrected chi connectivity index (χ4v) is 2.24. The number of hydrogen-bond donors (Lipinski definition) is 1. The lowest BCUT2D eigenvalue weighted by atomic mass is 10.1. The largest absolute Gasteiger partial charge is 0.481 e. The SMILES string of the molecule is Cc1c(C(=O)N(C)CC(C)C(=O)O)cnn1-c1ccc(F)cc1. The molecule has 0 saturated carbocycles. The van der Waals surface area contributed by atoms with Crippen molar-refractivity contribution in [2.45, 2.75) is 13.8 Å². The van der Waals surface area contributed by atoms with Crippen molar-refractivity contribution < 1.29 is 19.1 Å². The molecule has 1 atom stereocenters. The highest BCUT2D eigenvalue weighted by Crippen LogP contribution is 2.16. The van der Waals surface area contributed by atoms with Crippen molar-refractivity contribution in [2.75, 3.05) is 13.6 Å². The van der Waals surface area contributed by atoms with E-state index in [9.17, 15) is 14.0 Å². The molecular weight excluding hydrogens is 301 g/mol. The minimum Gasteiger partial charge on any atom is -0.481 e. The van der Waals surface area contributed by atoms with Crippen molar-refractivity contribution in [3.8, 4) is 5.69 Å². The van der Waals surface area contributed by atoms with Crippen molar-refractivity contribution in [3.05, 3.63) is 47.5 Å². The molecule has 0 fully saturated rings. The number of hydrogen-bond acceptors (Lipinski definition) is 3. The summed E-state index contributed by atoms with van der Waals surface area (Å²) in [6, 6.07) is 5.77. The van der Waals surface area contributed by atoms with Gasteiger partial charge in [0.05, 0.1) is 29.1 Å². The zero-order valence-electron chi connectivity index (χ0n) is 13.2. The Hall–Kier alpha value is -2.70. The molecule has 2 rings (SSSR count). The van der Waals surface area contributed by atoms with Crippen LogP contribution in [-0.2, 0) is 4.79 Å². The Morgan fingerprint density at radius 1 is 1.35 bits per heavy atom. The van der Waals surface area contributed by atoms with E-state index in [0.717, 1.165) is 0 Å². The van der Waals surface area contributed by atoms with Crippen LogP contribution in [0.25, 0.3) is 5.69 Å². The summed E-state index contributed by atoms with van der Waals surface area (Å²) in [5.74, 6) is -2.26. The summed E-state index contributed by atoms with van der Waals surface area (Å²) in [7, 11) is 1.55. The second-order valence-electron chi connectivity index (χ2n) is 5.46. The van der Waals surface area contributed by atoms with Gasteiger partial charge in [0.2, 0.25) is 0 Å². The van der Waals surface area contributed by atoms with Crippen LogP contribution in [0.2, 0.25) is 0 Å². The topological polar surface area (TPSA) is 75.4 Å². The predicted molar refractivity (Wildman–Crippen MR) is 82.0 cm³/mol. The smallest absolute Gasteiger partial charge is 0.308 e. The van der Waals surface area contributed by atoms with E-state index in [2.05, 4.69) is 5.10 Å². The zero-order valence-corrected chi connectivity index (χ0v) is 13.2. The molecule has 6 nitrogen and oxygen atoms in total. The number of benzene rings is 1. The van der Waals surface area contributed by atoms with Crippen molar-refractivity contribution in [1.82, 2.24) is 14.7 Å². The minimum absolute atomic E-state index is 0.106. The standard InChI is InChI=1S/C16H18FN3O3/c1-10(16(22)23)9-19(3)15(21)14-8-18-20(11(14)2)13-6-4-12(17)5-7-13/h4-8,10H,9H2,1-3H3,(H,22,23). The monoisotopic (exact) mass is 319 g/mol. The number of aliphatic carboxylic acids is 1. The van der Waals surface area contributed by atoms with Gasteiger partial charge in [-0.2, -0.15) is 5.10 Å². The molecule has 1 aromatic carbocycles. The fourth-order valence-electron chi connectivity index (χ4n) is 2.24. The number of carboxylic acids is 1. The number of carboxylic acid groups (broad SMARTS) is 1. The lowest BCUT2D eigenvalue weighted by Gasteiger charge is -2.19. The maximum atomic E-state index is 13.0. The summed E-state index contributed by atoms with van der Waals surface area (Å²) in [4.78, 5) is 24.7. The van der Waals surface area contributed by atoms with E-state index in [4.69, 9.17) is 5.11 Å². The first-order chi connectivity index (χ1) is 10.8. The number of rotatable bonds is 5. The van der Waals surface area contributed by atoms with Gasteiger partial charge in [-0.3, -0.25) is 9.59 Å². The van der Waals surface area contributed by atoms with E-state index < -0.39 is 11.9 Å². The van der Waals surface area contributed by atoms with Crippen LogP contribution in [0.15, 0.2) is 30.5 Å². The third-order valence-corrected chi connectivity index (χ3v) is 3.63. The molecule has 1 unspecified atom stereocenters.